The van der Waals surface area contributed by atoms with Gasteiger partial charge in [-0.1, -0.05) is 0 Å². The van der Waals surface area contributed by atoms with Gasteiger partial charge in [0.1, 0.15) is 0 Å². The van der Waals surface area contributed by atoms with Crippen molar-refractivity contribution in [2.24, 2.45) is 0 Å². The van der Waals surface area contributed by atoms with E-state index in [1.807, 2.05) is 17.6 Å². The lowest BCUT2D eigenvalue weighted by molar-refractivity contribution is 0.505. The molecule has 104 valence electrons. The van der Waals surface area contributed by atoms with Crippen molar-refractivity contribution in [3.63, 3.8) is 0 Å². The Balaban J connectivity index is 1.91. The van der Waals surface area contributed by atoms with Crippen molar-refractivity contribution in [3.05, 3.63) is 29.5 Å². The first-order valence-corrected chi connectivity index (χ1v) is 7.92. The molecule has 1 N–H and O–H groups in total. The second-order valence-corrected chi connectivity index (χ2v) is 6.81. The molecule has 0 spiro atoms. The van der Waals surface area contributed by atoms with Gasteiger partial charge in [-0.05, 0) is 6.07 Å². The van der Waals surface area contributed by atoms with Crippen LogP contribution in [0.4, 0.5) is 0 Å². The van der Waals surface area contributed by atoms with Crippen molar-refractivity contribution in [2.75, 3.05) is 20.6 Å². The number of thiazole rings is 1. The van der Waals surface area contributed by atoms with Crippen LogP contribution in [0.3, 0.4) is 0 Å². The van der Waals surface area contributed by atoms with Crippen molar-refractivity contribution >= 4 is 21.5 Å². The molecular weight excluding hydrogens is 286 g/mol. The Morgan fingerprint density at radius 2 is 2.26 bits per heavy atom. The maximum absolute atomic E-state index is 11.5. The minimum absolute atomic E-state index is 0.322. The van der Waals surface area contributed by atoms with Crippen molar-refractivity contribution in [1.29, 1.82) is 0 Å². The maximum Gasteiger partial charge on any atom is 0.278 e. The summed E-state index contributed by atoms with van der Waals surface area (Å²) < 4.78 is 28.3. The first-order chi connectivity index (χ1) is 8.99. The Labute approximate surface area is 116 Å². The van der Waals surface area contributed by atoms with E-state index in [1.165, 1.54) is 25.4 Å². The SMILES string of the molecule is CN(C)S(=O)(=O)NCCc1csc(-n2cccn2)n1. The number of aromatic nitrogens is 3. The molecule has 7 nitrogen and oxygen atoms in total. The predicted molar refractivity (Wildman–Crippen MR) is 73.5 cm³/mol. The number of nitrogens with zero attached hydrogens (tertiary/aromatic N) is 4. The van der Waals surface area contributed by atoms with E-state index in [0.717, 1.165) is 15.1 Å². The summed E-state index contributed by atoms with van der Waals surface area (Å²) in [6.07, 6.45) is 4.05. The lowest BCUT2D eigenvalue weighted by Gasteiger charge is -2.11. The van der Waals surface area contributed by atoms with Gasteiger partial charge in [0.2, 0.25) is 5.13 Å². The second-order valence-electron chi connectivity index (χ2n) is 4.00. The Bertz CT molecular complexity index is 618. The van der Waals surface area contributed by atoms with E-state index in [9.17, 15) is 8.42 Å². The van der Waals surface area contributed by atoms with Gasteiger partial charge in [0.25, 0.3) is 10.2 Å². The summed E-state index contributed by atoms with van der Waals surface area (Å²) in [6.45, 7) is 0.322. The highest BCUT2D eigenvalue weighted by molar-refractivity contribution is 7.87. The molecule has 0 aliphatic heterocycles. The number of nitrogens with one attached hydrogen (secondary N) is 1. The molecule has 0 aliphatic carbocycles. The van der Waals surface area contributed by atoms with E-state index in [-0.39, 0.29) is 0 Å². The summed E-state index contributed by atoms with van der Waals surface area (Å²) in [4.78, 5) is 4.39. The summed E-state index contributed by atoms with van der Waals surface area (Å²) in [5, 5.41) is 6.77. The van der Waals surface area contributed by atoms with E-state index < -0.39 is 10.2 Å². The van der Waals surface area contributed by atoms with E-state index in [2.05, 4.69) is 14.8 Å². The summed E-state index contributed by atoms with van der Waals surface area (Å²) in [7, 11) is -0.389. The summed E-state index contributed by atoms with van der Waals surface area (Å²) >= 11 is 1.47. The minimum Gasteiger partial charge on any atom is -0.223 e. The van der Waals surface area contributed by atoms with Gasteiger partial charge in [-0.2, -0.15) is 17.8 Å². The molecule has 2 heterocycles. The molecule has 0 radical (unpaired) electrons. The van der Waals surface area contributed by atoms with Crippen LogP contribution < -0.4 is 4.72 Å². The van der Waals surface area contributed by atoms with Gasteiger partial charge in [0.15, 0.2) is 0 Å². The molecule has 2 rings (SSSR count). The van der Waals surface area contributed by atoms with Gasteiger partial charge in [-0.25, -0.2) is 14.4 Å². The third kappa shape index (κ3) is 3.60. The fourth-order valence-corrected chi connectivity index (χ4v) is 2.75. The van der Waals surface area contributed by atoms with E-state index in [1.54, 1.807) is 10.9 Å². The van der Waals surface area contributed by atoms with E-state index in [4.69, 9.17) is 0 Å². The van der Waals surface area contributed by atoms with Crippen molar-refractivity contribution in [2.45, 2.75) is 6.42 Å². The molecule has 2 aromatic rings. The lowest BCUT2D eigenvalue weighted by atomic mass is 10.3. The van der Waals surface area contributed by atoms with Crippen molar-refractivity contribution in [3.8, 4) is 5.13 Å². The minimum atomic E-state index is -3.36. The van der Waals surface area contributed by atoms with Crippen molar-refractivity contribution < 1.29 is 8.42 Å². The third-order valence-corrected chi connectivity index (χ3v) is 4.80. The summed E-state index contributed by atoms with van der Waals surface area (Å²) in [6, 6.07) is 1.83. The van der Waals surface area contributed by atoms with Gasteiger partial charge >= 0.3 is 0 Å². The smallest absolute Gasteiger partial charge is 0.223 e. The van der Waals surface area contributed by atoms with Gasteiger partial charge < -0.3 is 0 Å². The molecule has 2 aromatic heterocycles. The average Bonchev–Trinajstić information content (AvgIpc) is 2.98. The fourth-order valence-electron chi connectivity index (χ4n) is 1.34. The van der Waals surface area contributed by atoms with Crippen LogP contribution in [0.1, 0.15) is 5.69 Å². The van der Waals surface area contributed by atoms with Gasteiger partial charge in [-0.3, -0.25) is 0 Å². The molecule has 0 saturated heterocycles. The molecule has 0 unspecified atom stereocenters. The molecule has 0 atom stereocenters. The van der Waals surface area contributed by atoms with Gasteiger partial charge in [0, 0.05) is 44.8 Å². The molecule has 0 amide bonds. The number of hydrogen-bond acceptors (Lipinski definition) is 5. The highest BCUT2D eigenvalue weighted by Gasteiger charge is 2.12. The van der Waals surface area contributed by atoms with Crippen LogP contribution in [0.5, 0.6) is 0 Å². The van der Waals surface area contributed by atoms with Crippen LogP contribution in [0.25, 0.3) is 5.13 Å². The standard InChI is InChI=1S/C10H15N5O2S2/c1-14(2)19(16,17)12-6-4-9-8-18-10(13-9)15-7-3-5-11-15/h3,5,7-8,12H,4,6H2,1-2H3. The number of hydrogen-bond donors (Lipinski definition) is 1. The Morgan fingerprint density at radius 1 is 1.47 bits per heavy atom. The van der Waals surface area contributed by atoms with E-state index >= 15 is 0 Å². The van der Waals surface area contributed by atoms with Crippen LogP contribution in [-0.4, -0.2) is 48.1 Å². The number of rotatable bonds is 6. The zero-order valence-electron chi connectivity index (χ0n) is 10.6. The van der Waals surface area contributed by atoms with Crippen LogP contribution in [0, 0.1) is 0 Å². The van der Waals surface area contributed by atoms with Crippen LogP contribution in [0.15, 0.2) is 23.8 Å². The van der Waals surface area contributed by atoms with Gasteiger partial charge in [0.05, 0.1) is 5.69 Å². The van der Waals surface area contributed by atoms with E-state index in [0.29, 0.717) is 13.0 Å². The molecule has 0 aliphatic rings. The zero-order chi connectivity index (χ0) is 13.9. The van der Waals surface area contributed by atoms with Crippen LogP contribution in [0.2, 0.25) is 0 Å². The zero-order valence-corrected chi connectivity index (χ0v) is 12.3. The Morgan fingerprint density at radius 3 is 2.89 bits per heavy atom. The Kier molecular flexibility index (Phi) is 4.30. The van der Waals surface area contributed by atoms with Gasteiger partial charge in [-0.15, -0.1) is 11.3 Å². The molecule has 0 saturated carbocycles. The predicted octanol–water partition coefficient (Wildman–Crippen LogP) is 0.267. The van der Waals surface area contributed by atoms with Crippen LogP contribution in [-0.2, 0) is 16.6 Å². The summed E-state index contributed by atoms with van der Waals surface area (Å²) in [5.41, 5.74) is 0.844. The highest BCUT2D eigenvalue weighted by atomic mass is 32.2. The third-order valence-electron chi connectivity index (χ3n) is 2.39. The first kappa shape index (κ1) is 14.1. The fraction of sp³-hybridized carbons (Fsp3) is 0.400. The lowest BCUT2D eigenvalue weighted by Crippen LogP contribution is -2.36. The monoisotopic (exact) mass is 301 g/mol. The topological polar surface area (TPSA) is 80.1 Å². The van der Waals surface area contributed by atoms with Crippen LogP contribution >= 0.6 is 11.3 Å². The first-order valence-electron chi connectivity index (χ1n) is 5.60. The molecule has 0 aromatic carbocycles. The highest BCUT2D eigenvalue weighted by Crippen LogP contribution is 2.13. The maximum atomic E-state index is 11.5. The molecule has 0 fully saturated rings. The molecule has 0 bridgehead atoms. The summed E-state index contributed by atoms with van der Waals surface area (Å²) in [5.74, 6) is 0. The average molecular weight is 301 g/mol. The molecule has 9 heteroatoms. The Hall–Kier alpha value is -1.29. The normalized spacial score (nSPS) is 12.2. The largest absolute Gasteiger partial charge is 0.278 e. The molecule has 19 heavy (non-hydrogen) atoms. The quantitative estimate of drug-likeness (QED) is 0.830. The molecular formula is C10H15N5O2S2. The van der Waals surface area contributed by atoms with Crippen molar-refractivity contribution in [1.82, 2.24) is 23.8 Å². The second kappa shape index (κ2) is 5.78.